The van der Waals surface area contributed by atoms with E-state index in [1.54, 1.807) is 0 Å². The second-order valence-electron chi connectivity index (χ2n) is 6.67. The van der Waals surface area contributed by atoms with Crippen molar-refractivity contribution in [2.24, 2.45) is 0 Å². The van der Waals surface area contributed by atoms with Gasteiger partial charge in [-0.05, 0) is 43.2 Å². The first-order chi connectivity index (χ1) is 13.3. The Morgan fingerprint density at radius 2 is 1.86 bits per heavy atom. The molecule has 0 bridgehead atoms. The molecule has 0 amide bonds. The normalized spacial score (nSPS) is 15.4. The van der Waals surface area contributed by atoms with Crippen molar-refractivity contribution in [3.8, 4) is 0 Å². The van der Waals surface area contributed by atoms with Gasteiger partial charge in [-0.25, -0.2) is 17.6 Å². The fraction of sp³-hybridized carbons (Fsp3) is 0.350. The van der Waals surface area contributed by atoms with Gasteiger partial charge in [-0.15, -0.1) is 0 Å². The molecule has 3 rings (SSSR count). The molecule has 2 aromatic carbocycles. The highest BCUT2D eigenvalue weighted by atomic mass is 32.2. The number of aryl methyl sites for hydroxylation is 2. The van der Waals surface area contributed by atoms with Crippen LogP contribution in [0.2, 0.25) is 0 Å². The summed E-state index contributed by atoms with van der Waals surface area (Å²) in [6, 6.07) is 9.04. The highest BCUT2D eigenvalue weighted by Gasteiger charge is 2.30. The molecule has 0 unspecified atom stereocenters. The molecule has 28 heavy (non-hydrogen) atoms. The fourth-order valence-corrected chi connectivity index (χ4v) is 4.43. The zero-order valence-electron chi connectivity index (χ0n) is 15.8. The number of rotatable bonds is 5. The molecule has 150 valence electrons. The predicted octanol–water partition coefficient (Wildman–Crippen LogP) is 2.82. The van der Waals surface area contributed by atoms with E-state index in [1.165, 1.54) is 6.07 Å². The molecule has 0 radical (unpaired) electrons. The van der Waals surface area contributed by atoms with Crippen molar-refractivity contribution in [3.05, 3.63) is 64.5 Å². The highest BCUT2D eigenvalue weighted by molar-refractivity contribution is 7.89. The van der Waals surface area contributed by atoms with Crippen molar-refractivity contribution in [1.82, 2.24) is 4.31 Å². The summed E-state index contributed by atoms with van der Waals surface area (Å²) in [5.74, 6) is -1.61. The number of esters is 1. The Labute approximate surface area is 163 Å². The molecule has 1 aliphatic heterocycles. The minimum absolute atomic E-state index is 0.0152. The summed E-state index contributed by atoms with van der Waals surface area (Å²) in [5, 5.41) is 0. The van der Waals surface area contributed by atoms with E-state index < -0.39 is 26.7 Å². The number of halogens is 1. The zero-order chi connectivity index (χ0) is 20.3. The average molecular weight is 407 g/mol. The molecule has 6 nitrogen and oxygen atoms in total. The van der Waals surface area contributed by atoms with Crippen LogP contribution in [0.15, 0.2) is 41.3 Å². The monoisotopic (exact) mass is 407 g/mol. The molecule has 0 atom stereocenters. The van der Waals surface area contributed by atoms with Crippen LogP contribution in [0.25, 0.3) is 0 Å². The standard InChI is InChI=1S/C20H22FNO5S/c1-14-3-4-15(2)17(11-14)13-27-20(23)16-5-6-18(21)19(12-16)28(24,25)22-7-9-26-10-8-22/h3-6,11-12H,7-10,13H2,1-2H3. The molecule has 0 N–H and O–H groups in total. The van der Waals surface area contributed by atoms with Gasteiger partial charge < -0.3 is 9.47 Å². The van der Waals surface area contributed by atoms with Gasteiger partial charge in [0.05, 0.1) is 18.8 Å². The van der Waals surface area contributed by atoms with Crippen LogP contribution in [0.3, 0.4) is 0 Å². The minimum atomic E-state index is -4.06. The van der Waals surface area contributed by atoms with Crippen molar-refractivity contribution in [1.29, 1.82) is 0 Å². The van der Waals surface area contributed by atoms with Crippen LogP contribution >= 0.6 is 0 Å². The Bertz CT molecular complexity index is 984. The molecular weight excluding hydrogens is 385 g/mol. The van der Waals surface area contributed by atoms with Gasteiger partial charge >= 0.3 is 5.97 Å². The van der Waals surface area contributed by atoms with Crippen LogP contribution in [0.1, 0.15) is 27.0 Å². The summed E-state index contributed by atoms with van der Waals surface area (Å²) < 4.78 is 51.3. The van der Waals surface area contributed by atoms with Crippen molar-refractivity contribution >= 4 is 16.0 Å². The number of ether oxygens (including phenoxy) is 2. The second kappa shape index (κ2) is 8.38. The molecule has 0 aromatic heterocycles. The largest absolute Gasteiger partial charge is 0.457 e. The number of hydrogen-bond acceptors (Lipinski definition) is 5. The summed E-state index contributed by atoms with van der Waals surface area (Å²) in [6.45, 7) is 4.68. The van der Waals surface area contributed by atoms with Crippen molar-refractivity contribution in [3.63, 3.8) is 0 Å². The van der Waals surface area contributed by atoms with Crippen LogP contribution in [-0.2, 0) is 26.1 Å². The van der Waals surface area contributed by atoms with Gasteiger partial charge in [0.2, 0.25) is 10.0 Å². The molecular formula is C20H22FNO5S. The van der Waals surface area contributed by atoms with E-state index in [0.717, 1.165) is 33.1 Å². The summed E-state index contributed by atoms with van der Waals surface area (Å²) in [7, 11) is -4.06. The quantitative estimate of drug-likeness (QED) is 0.713. The number of carbonyl (C=O) groups excluding carboxylic acids is 1. The second-order valence-corrected chi connectivity index (χ2v) is 8.57. The molecule has 8 heteroatoms. The predicted molar refractivity (Wildman–Crippen MR) is 101 cm³/mol. The summed E-state index contributed by atoms with van der Waals surface area (Å²) >= 11 is 0. The van der Waals surface area contributed by atoms with E-state index in [0.29, 0.717) is 0 Å². The molecule has 1 aliphatic rings. The van der Waals surface area contributed by atoms with E-state index >= 15 is 0 Å². The third-order valence-electron chi connectivity index (χ3n) is 4.62. The topological polar surface area (TPSA) is 72.9 Å². The van der Waals surface area contributed by atoms with Crippen molar-refractivity contribution in [2.75, 3.05) is 26.3 Å². The summed E-state index contributed by atoms with van der Waals surface area (Å²) in [6.07, 6.45) is 0. The van der Waals surface area contributed by atoms with E-state index in [1.807, 2.05) is 32.0 Å². The SMILES string of the molecule is Cc1ccc(C)c(COC(=O)c2ccc(F)c(S(=O)(=O)N3CCOCC3)c2)c1. The lowest BCUT2D eigenvalue weighted by Crippen LogP contribution is -2.41. The van der Waals surface area contributed by atoms with E-state index in [9.17, 15) is 17.6 Å². The van der Waals surface area contributed by atoms with E-state index in [2.05, 4.69) is 0 Å². The first-order valence-electron chi connectivity index (χ1n) is 8.90. The Kier molecular flexibility index (Phi) is 6.12. The molecule has 1 fully saturated rings. The fourth-order valence-electron chi connectivity index (χ4n) is 2.94. The zero-order valence-corrected chi connectivity index (χ0v) is 16.6. The number of morpholine rings is 1. The third-order valence-corrected chi connectivity index (χ3v) is 6.53. The number of sulfonamides is 1. The van der Waals surface area contributed by atoms with Gasteiger partial charge in [-0.2, -0.15) is 4.31 Å². The van der Waals surface area contributed by atoms with Gasteiger partial charge in [-0.3, -0.25) is 0 Å². The molecule has 2 aromatic rings. The summed E-state index contributed by atoms with van der Waals surface area (Å²) in [5.41, 5.74) is 2.86. The van der Waals surface area contributed by atoms with Gasteiger partial charge in [0.15, 0.2) is 0 Å². The Morgan fingerprint density at radius 3 is 2.57 bits per heavy atom. The summed E-state index contributed by atoms with van der Waals surface area (Å²) in [4.78, 5) is 11.9. The molecule has 1 saturated heterocycles. The van der Waals surface area contributed by atoms with Crippen LogP contribution < -0.4 is 0 Å². The molecule has 0 spiro atoms. The Morgan fingerprint density at radius 1 is 1.14 bits per heavy atom. The van der Waals surface area contributed by atoms with Gasteiger partial charge in [-0.1, -0.05) is 23.8 Å². The maximum absolute atomic E-state index is 14.2. The highest BCUT2D eigenvalue weighted by Crippen LogP contribution is 2.22. The lowest BCUT2D eigenvalue weighted by molar-refractivity contribution is 0.0471. The Hall–Kier alpha value is -2.29. The number of benzene rings is 2. The van der Waals surface area contributed by atoms with Gasteiger partial charge in [0.1, 0.15) is 17.3 Å². The lowest BCUT2D eigenvalue weighted by Gasteiger charge is -2.26. The van der Waals surface area contributed by atoms with Crippen LogP contribution in [0, 0.1) is 19.7 Å². The minimum Gasteiger partial charge on any atom is -0.457 e. The van der Waals surface area contributed by atoms with E-state index in [4.69, 9.17) is 9.47 Å². The smallest absolute Gasteiger partial charge is 0.338 e. The maximum Gasteiger partial charge on any atom is 0.338 e. The first-order valence-corrected chi connectivity index (χ1v) is 10.3. The van der Waals surface area contributed by atoms with Crippen molar-refractivity contribution < 1.29 is 27.1 Å². The van der Waals surface area contributed by atoms with Crippen LogP contribution in [-0.4, -0.2) is 45.0 Å². The molecule has 0 aliphatic carbocycles. The molecule has 1 heterocycles. The third kappa shape index (κ3) is 4.40. The number of hydrogen-bond donors (Lipinski definition) is 0. The van der Waals surface area contributed by atoms with Gasteiger partial charge in [0, 0.05) is 13.1 Å². The number of carbonyl (C=O) groups is 1. The lowest BCUT2D eigenvalue weighted by atomic mass is 10.1. The molecule has 0 saturated carbocycles. The van der Waals surface area contributed by atoms with Crippen LogP contribution in [0.5, 0.6) is 0 Å². The first kappa shape index (κ1) is 20.4. The van der Waals surface area contributed by atoms with E-state index in [-0.39, 0.29) is 38.5 Å². The average Bonchev–Trinajstić information content (AvgIpc) is 2.69. The maximum atomic E-state index is 14.2. The van der Waals surface area contributed by atoms with Crippen LogP contribution in [0.4, 0.5) is 4.39 Å². The van der Waals surface area contributed by atoms with Crippen molar-refractivity contribution in [2.45, 2.75) is 25.3 Å². The number of nitrogens with zero attached hydrogens (tertiary/aromatic N) is 1. The van der Waals surface area contributed by atoms with Gasteiger partial charge in [0.25, 0.3) is 0 Å². The Balaban J connectivity index is 1.80.